The second kappa shape index (κ2) is 5.58. The van der Waals surface area contributed by atoms with Crippen molar-refractivity contribution in [3.8, 4) is 0 Å². The third kappa shape index (κ3) is 3.77. The zero-order valence-corrected chi connectivity index (χ0v) is 8.90. The molecule has 0 aromatic heterocycles. The number of rotatable bonds is 3. The van der Waals surface area contributed by atoms with Crippen LogP contribution in [0, 0.1) is 5.92 Å². The number of ether oxygens (including phenoxy) is 1. The summed E-state index contributed by atoms with van der Waals surface area (Å²) in [7, 11) is 0. The van der Waals surface area contributed by atoms with E-state index in [4.69, 9.17) is 4.74 Å². The van der Waals surface area contributed by atoms with E-state index < -0.39 is 5.97 Å². The normalized spacial score (nSPS) is 17.5. The summed E-state index contributed by atoms with van der Waals surface area (Å²) in [4.78, 5) is 23.3. The van der Waals surface area contributed by atoms with Crippen molar-refractivity contribution < 1.29 is 19.4 Å². The Morgan fingerprint density at radius 1 is 1.40 bits per heavy atom. The third-order valence-corrected chi connectivity index (χ3v) is 2.60. The first kappa shape index (κ1) is 11.8. The number of carboxylic acid groups (broad SMARTS) is 1. The highest BCUT2D eigenvalue weighted by Crippen LogP contribution is 2.20. The first-order valence-electron chi connectivity index (χ1n) is 5.25. The molecular weight excluding hydrogens is 198 g/mol. The van der Waals surface area contributed by atoms with Crippen LogP contribution in [-0.2, 0) is 9.53 Å². The van der Waals surface area contributed by atoms with Crippen molar-refractivity contribution in [2.75, 3.05) is 19.7 Å². The van der Waals surface area contributed by atoms with Gasteiger partial charge >= 0.3 is 6.09 Å². The summed E-state index contributed by atoms with van der Waals surface area (Å²) in [6.07, 6.45) is 1.22. The van der Waals surface area contributed by atoms with Gasteiger partial charge in [-0.05, 0) is 32.1 Å². The van der Waals surface area contributed by atoms with Gasteiger partial charge in [-0.25, -0.2) is 4.79 Å². The maximum Gasteiger partial charge on any atom is 0.409 e. The number of hydrogen-bond acceptors (Lipinski definition) is 4. The molecule has 5 heteroatoms. The van der Waals surface area contributed by atoms with Crippen molar-refractivity contribution in [3.63, 3.8) is 0 Å². The Kier molecular flexibility index (Phi) is 4.39. The van der Waals surface area contributed by atoms with Crippen molar-refractivity contribution in [3.05, 3.63) is 0 Å². The number of carbonyl (C=O) groups is 2. The minimum Gasteiger partial charge on any atom is -0.550 e. The van der Waals surface area contributed by atoms with Gasteiger partial charge in [0.25, 0.3) is 0 Å². The van der Waals surface area contributed by atoms with Crippen LogP contribution >= 0.6 is 0 Å². The maximum absolute atomic E-state index is 11.3. The summed E-state index contributed by atoms with van der Waals surface area (Å²) in [5.74, 6) is -0.870. The average Bonchev–Trinajstić information content (AvgIpc) is 2.18. The molecule has 15 heavy (non-hydrogen) atoms. The van der Waals surface area contributed by atoms with E-state index in [1.807, 2.05) is 0 Å². The van der Waals surface area contributed by atoms with Crippen LogP contribution in [-0.4, -0.2) is 36.7 Å². The van der Waals surface area contributed by atoms with Gasteiger partial charge in [0, 0.05) is 19.1 Å². The van der Waals surface area contributed by atoms with E-state index in [2.05, 4.69) is 0 Å². The molecular formula is C10H16NO4-. The van der Waals surface area contributed by atoms with Gasteiger partial charge in [0.15, 0.2) is 0 Å². The summed E-state index contributed by atoms with van der Waals surface area (Å²) >= 11 is 0. The largest absolute Gasteiger partial charge is 0.550 e. The first-order chi connectivity index (χ1) is 7.13. The molecule has 0 unspecified atom stereocenters. The van der Waals surface area contributed by atoms with Crippen molar-refractivity contribution >= 4 is 12.1 Å². The lowest BCUT2D eigenvalue weighted by atomic mass is 9.94. The Bertz CT molecular complexity index is 234. The van der Waals surface area contributed by atoms with E-state index in [0.29, 0.717) is 32.5 Å². The zero-order valence-electron chi connectivity index (χ0n) is 8.90. The lowest BCUT2D eigenvalue weighted by Gasteiger charge is -2.31. The first-order valence-corrected chi connectivity index (χ1v) is 5.25. The molecule has 86 valence electrons. The van der Waals surface area contributed by atoms with E-state index in [1.165, 1.54) is 0 Å². The van der Waals surface area contributed by atoms with Crippen LogP contribution in [0.15, 0.2) is 0 Å². The number of nitrogens with zero attached hydrogens (tertiary/aromatic N) is 1. The Hall–Kier alpha value is -1.26. The molecule has 1 aliphatic rings. The monoisotopic (exact) mass is 214 g/mol. The molecule has 5 nitrogen and oxygen atoms in total. The van der Waals surface area contributed by atoms with E-state index in [-0.39, 0.29) is 18.4 Å². The van der Waals surface area contributed by atoms with Crippen molar-refractivity contribution in [1.29, 1.82) is 0 Å². The number of hydrogen-bond donors (Lipinski definition) is 0. The number of aliphatic carboxylic acids is 1. The number of carbonyl (C=O) groups excluding carboxylic acids is 2. The van der Waals surface area contributed by atoms with Crippen LogP contribution in [0.25, 0.3) is 0 Å². The molecule has 0 radical (unpaired) electrons. The maximum atomic E-state index is 11.3. The molecule has 0 aromatic carbocycles. The predicted molar refractivity (Wildman–Crippen MR) is 50.9 cm³/mol. The minimum absolute atomic E-state index is 0.0939. The Morgan fingerprint density at radius 2 is 2.00 bits per heavy atom. The van der Waals surface area contributed by atoms with Gasteiger partial charge in [-0.2, -0.15) is 0 Å². The smallest absolute Gasteiger partial charge is 0.409 e. The van der Waals surface area contributed by atoms with Gasteiger partial charge in [-0.15, -0.1) is 0 Å². The number of amides is 1. The van der Waals surface area contributed by atoms with Gasteiger partial charge < -0.3 is 19.5 Å². The van der Waals surface area contributed by atoms with Crippen molar-refractivity contribution in [1.82, 2.24) is 4.90 Å². The van der Waals surface area contributed by atoms with Gasteiger partial charge in [0.05, 0.1) is 6.61 Å². The van der Waals surface area contributed by atoms with E-state index >= 15 is 0 Å². The fraction of sp³-hybridized carbons (Fsp3) is 0.800. The molecule has 1 fully saturated rings. The molecule has 0 aliphatic carbocycles. The Morgan fingerprint density at radius 3 is 2.47 bits per heavy atom. The number of piperidine rings is 1. The third-order valence-electron chi connectivity index (χ3n) is 2.60. The van der Waals surface area contributed by atoms with Crippen LogP contribution in [0.4, 0.5) is 4.79 Å². The van der Waals surface area contributed by atoms with Crippen LogP contribution < -0.4 is 5.11 Å². The highest BCUT2D eigenvalue weighted by molar-refractivity contribution is 5.68. The predicted octanol–water partition coefficient (Wildman–Crippen LogP) is -0.00510. The van der Waals surface area contributed by atoms with Crippen molar-refractivity contribution in [2.24, 2.45) is 5.92 Å². The standard InChI is InChI=1S/C10H17NO4/c1-2-15-10(14)11-5-3-8(4-6-11)7-9(12)13/h8H,2-7H2,1H3,(H,12,13)/p-1. The van der Waals surface area contributed by atoms with Gasteiger partial charge in [0.1, 0.15) is 0 Å². The molecule has 0 bridgehead atoms. The molecule has 1 rings (SSSR count). The summed E-state index contributed by atoms with van der Waals surface area (Å²) in [5, 5.41) is 10.4. The second-order valence-electron chi connectivity index (χ2n) is 3.71. The van der Waals surface area contributed by atoms with Crippen molar-refractivity contribution in [2.45, 2.75) is 26.2 Å². The highest BCUT2D eigenvalue weighted by Gasteiger charge is 2.23. The van der Waals surface area contributed by atoms with Crippen LogP contribution in [0.2, 0.25) is 0 Å². The average molecular weight is 214 g/mol. The van der Waals surface area contributed by atoms with Gasteiger partial charge in [-0.3, -0.25) is 0 Å². The second-order valence-corrected chi connectivity index (χ2v) is 3.71. The molecule has 1 aliphatic heterocycles. The lowest BCUT2D eigenvalue weighted by molar-refractivity contribution is -0.307. The van der Waals surface area contributed by atoms with Gasteiger partial charge in [-0.1, -0.05) is 0 Å². The molecule has 0 spiro atoms. The molecule has 0 N–H and O–H groups in total. The summed E-state index contributed by atoms with van der Waals surface area (Å²) in [6, 6.07) is 0. The SMILES string of the molecule is CCOC(=O)N1CCC(CC(=O)[O-])CC1. The molecule has 0 aromatic rings. The highest BCUT2D eigenvalue weighted by atomic mass is 16.6. The Labute approximate surface area is 89.0 Å². The van der Waals surface area contributed by atoms with Crippen LogP contribution in [0.1, 0.15) is 26.2 Å². The molecule has 1 amide bonds. The molecule has 1 heterocycles. The molecule has 0 saturated carbocycles. The fourth-order valence-electron chi connectivity index (χ4n) is 1.77. The number of likely N-dealkylation sites (tertiary alicyclic amines) is 1. The van der Waals surface area contributed by atoms with E-state index in [1.54, 1.807) is 11.8 Å². The Balaban J connectivity index is 2.29. The van der Waals surface area contributed by atoms with E-state index in [9.17, 15) is 14.7 Å². The molecule has 1 saturated heterocycles. The van der Waals surface area contributed by atoms with Gasteiger partial charge in [0.2, 0.25) is 0 Å². The fourth-order valence-corrected chi connectivity index (χ4v) is 1.77. The van der Waals surface area contributed by atoms with E-state index in [0.717, 1.165) is 0 Å². The topological polar surface area (TPSA) is 69.7 Å². The minimum atomic E-state index is -1.01. The summed E-state index contributed by atoms with van der Waals surface area (Å²) in [5.41, 5.74) is 0. The lowest BCUT2D eigenvalue weighted by Crippen LogP contribution is -2.40. The molecule has 0 atom stereocenters. The summed E-state index contributed by atoms with van der Waals surface area (Å²) < 4.78 is 4.86. The van der Waals surface area contributed by atoms with Crippen LogP contribution in [0.5, 0.6) is 0 Å². The quantitative estimate of drug-likeness (QED) is 0.662. The zero-order chi connectivity index (χ0) is 11.3. The number of carboxylic acids is 1. The summed E-state index contributed by atoms with van der Waals surface area (Å²) in [6.45, 7) is 3.30. The van der Waals surface area contributed by atoms with Crippen LogP contribution in [0.3, 0.4) is 0 Å².